The number of rotatable bonds is 6. The molecule has 0 atom stereocenters. The Balaban J connectivity index is 1.77. The minimum absolute atomic E-state index is 0.00124. The number of benzene rings is 2. The largest absolute Gasteiger partial charge is 0.494 e. The molecule has 118 valence electrons. The molecule has 0 spiro atoms. The molecule has 0 aliphatic rings. The molecule has 1 amide bonds. The van der Waals surface area contributed by atoms with Gasteiger partial charge in [0.2, 0.25) is 5.91 Å². The van der Waals surface area contributed by atoms with Gasteiger partial charge in [0.15, 0.2) is 0 Å². The first-order valence-electron chi connectivity index (χ1n) is 7.81. The summed E-state index contributed by atoms with van der Waals surface area (Å²) >= 11 is 0. The van der Waals surface area contributed by atoms with E-state index in [1.807, 2.05) is 61.5 Å². The molecular formula is C20H21NO2. The van der Waals surface area contributed by atoms with Crippen molar-refractivity contribution in [3.8, 4) is 17.6 Å². The summed E-state index contributed by atoms with van der Waals surface area (Å²) in [4.78, 5) is 11.9. The Bertz CT molecular complexity index is 684. The van der Waals surface area contributed by atoms with Gasteiger partial charge in [0.1, 0.15) is 5.75 Å². The van der Waals surface area contributed by atoms with Crippen molar-refractivity contribution in [3.63, 3.8) is 0 Å². The van der Waals surface area contributed by atoms with Crippen LogP contribution in [0.25, 0.3) is 0 Å². The Labute approximate surface area is 137 Å². The molecule has 0 unspecified atom stereocenters. The predicted octanol–water partition coefficient (Wildman–Crippen LogP) is 3.19. The van der Waals surface area contributed by atoms with Crippen molar-refractivity contribution in [2.24, 2.45) is 0 Å². The first-order chi connectivity index (χ1) is 11.3. The van der Waals surface area contributed by atoms with Crippen LogP contribution in [0, 0.1) is 11.8 Å². The summed E-state index contributed by atoms with van der Waals surface area (Å²) < 4.78 is 5.56. The molecule has 3 nitrogen and oxygen atoms in total. The third kappa shape index (κ3) is 5.88. The SMILES string of the molecule is CCOc1ccccc1CCC(=O)NCC#Cc1ccccc1. The second kappa shape index (κ2) is 9.32. The standard InChI is InChI=1S/C20H21NO2/c1-2-23-19-13-7-6-12-18(19)14-15-20(22)21-16-8-11-17-9-4-3-5-10-17/h3-7,9-10,12-13H,2,14-16H2,1H3,(H,21,22). The van der Waals surface area contributed by atoms with E-state index in [0.29, 0.717) is 26.0 Å². The minimum atomic E-state index is -0.00124. The number of aryl methyl sites for hydroxylation is 1. The quantitative estimate of drug-likeness (QED) is 0.832. The van der Waals surface area contributed by atoms with Gasteiger partial charge in [-0.05, 0) is 37.1 Å². The van der Waals surface area contributed by atoms with Gasteiger partial charge in [-0.2, -0.15) is 0 Å². The molecule has 0 heterocycles. The van der Waals surface area contributed by atoms with Gasteiger partial charge in [-0.25, -0.2) is 0 Å². The van der Waals surface area contributed by atoms with Gasteiger partial charge in [0, 0.05) is 12.0 Å². The molecule has 0 saturated heterocycles. The summed E-state index contributed by atoms with van der Waals surface area (Å²) in [5.74, 6) is 6.82. The predicted molar refractivity (Wildman–Crippen MR) is 92.3 cm³/mol. The first kappa shape index (κ1) is 16.6. The molecule has 2 aromatic rings. The molecule has 0 aromatic heterocycles. The molecule has 23 heavy (non-hydrogen) atoms. The Morgan fingerprint density at radius 2 is 1.83 bits per heavy atom. The lowest BCUT2D eigenvalue weighted by molar-refractivity contribution is -0.120. The van der Waals surface area contributed by atoms with Crippen LogP contribution in [0.15, 0.2) is 54.6 Å². The highest BCUT2D eigenvalue weighted by Gasteiger charge is 2.05. The van der Waals surface area contributed by atoms with Crippen molar-refractivity contribution in [1.82, 2.24) is 5.32 Å². The van der Waals surface area contributed by atoms with E-state index in [2.05, 4.69) is 17.2 Å². The van der Waals surface area contributed by atoms with Crippen molar-refractivity contribution in [3.05, 3.63) is 65.7 Å². The molecule has 0 radical (unpaired) electrons. The topological polar surface area (TPSA) is 38.3 Å². The fourth-order valence-electron chi connectivity index (χ4n) is 2.15. The summed E-state index contributed by atoms with van der Waals surface area (Å²) in [6.07, 6.45) is 1.09. The van der Waals surface area contributed by atoms with Crippen molar-refractivity contribution < 1.29 is 9.53 Å². The van der Waals surface area contributed by atoms with E-state index < -0.39 is 0 Å². The van der Waals surface area contributed by atoms with Crippen LogP contribution in [0.3, 0.4) is 0 Å². The van der Waals surface area contributed by atoms with Crippen LogP contribution >= 0.6 is 0 Å². The van der Waals surface area contributed by atoms with E-state index in [9.17, 15) is 4.79 Å². The van der Waals surface area contributed by atoms with Gasteiger partial charge >= 0.3 is 0 Å². The van der Waals surface area contributed by atoms with Gasteiger partial charge in [-0.3, -0.25) is 4.79 Å². The third-order valence-corrected chi connectivity index (χ3v) is 3.27. The Morgan fingerprint density at radius 1 is 1.09 bits per heavy atom. The van der Waals surface area contributed by atoms with Crippen molar-refractivity contribution in [2.45, 2.75) is 19.8 Å². The Morgan fingerprint density at radius 3 is 2.61 bits per heavy atom. The van der Waals surface area contributed by atoms with Crippen LogP contribution in [0.2, 0.25) is 0 Å². The number of amides is 1. The maximum atomic E-state index is 11.9. The summed E-state index contributed by atoms with van der Waals surface area (Å²) in [6, 6.07) is 17.5. The lowest BCUT2D eigenvalue weighted by Gasteiger charge is -2.09. The molecule has 0 fully saturated rings. The average Bonchev–Trinajstić information content (AvgIpc) is 2.59. The summed E-state index contributed by atoms with van der Waals surface area (Å²) in [5, 5.41) is 2.82. The molecule has 0 aliphatic heterocycles. The van der Waals surface area contributed by atoms with E-state index in [1.54, 1.807) is 0 Å². The van der Waals surface area contributed by atoms with Crippen LogP contribution in [-0.2, 0) is 11.2 Å². The molecule has 2 aromatic carbocycles. The fraction of sp³-hybridized carbons (Fsp3) is 0.250. The van der Waals surface area contributed by atoms with Crippen LogP contribution < -0.4 is 10.1 Å². The molecule has 0 saturated carbocycles. The number of hydrogen-bond donors (Lipinski definition) is 1. The van der Waals surface area contributed by atoms with Crippen molar-refractivity contribution in [1.29, 1.82) is 0 Å². The van der Waals surface area contributed by atoms with Gasteiger partial charge < -0.3 is 10.1 Å². The summed E-state index contributed by atoms with van der Waals surface area (Å²) in [7, 11) is 0. The molecule has 3 heteroatoms. The Hall–Kier alpha value is -2.73. The second-order valence-corrected chi connectivity index (χ2v) is 4.99. The molecule has 2 rings (SSSR count). The fourth-order valence-corrected chi connectivity index (χ4v) is 2.15. The normalized spacial score (nSPS) is 9.61. The van der Waals surface area contributed by atoms with Gasteiger partial charge in [-0.1, -0.05) is 48.2 Å². The third-order valence-electron chi connectivity index (χ3n) is 3.27. The number of carbonyl (C=O) groups is 1. The molecule has 0 bridgehead atoms. The van der Waals surface area contributed by atoms with E-state index in [4.69, 9.17) is 4.74 Å². The summed E-state index contributed by atoms with van der Waals surface area (Å²) in [6.45, 7) is 2.94. The molecule has 1 N–H and O–H groups in total. The highest BCUT2D eigenvalue weighted by Crippen LogP contribution is 2.19. The van der Waals surface area contributed by atoms with Crippen LogP contribution in [0.4, 0.5) is 0 Å². The maximum Gasteiger partial charge on any atom is 0.221 e. The number of nitrogens with one attached hydrogen (secondary N) is 1. The van der Waals surface area contributed by atoms with E-state index in [1.165, 1.54) is 0 Å². The van der Waals surface area contributed by atoms with E-state index in [-0.39, 0.29) is 5.91 Å². The number of carbonyl (C=O) groups excluding carboxylic acids is 1. The summed E-state index contributed by atoms with van der Waals surface area (Å²) in [5.41, 5.74) is 2.01. The highest BCUT2D eigenvalue weighted by molar-refractivity contribution is 5.76. The number of hydrogen-bond acceptors (Lipinski definition) is 2. The zero-order valence-corrected chi connectivity index (χ0v) is 13.3. The number of para-hydroxylation sites is 1. The maximum absolute atomic E-state index is 11.9. The zero-order chi connectivity index (χ0) is 16.3. The van der Waals surface area contributed by atoms with E-state index in [0.717, 1.165) is 16.9 Å². The number of ether oxygens (including phenoxy) is 1. The van der Waals surface area contributed by atoms with Crippen LogP contribution in [0.5, 0.6) is 5.75 Å². The van der Waals surface area contributed by atoms with E-state index >= 15 is 0 Å². The monoisotopic (exact) mass is 307 g/mol. The van der Waals surface area contributed by atoms with Crippen molar-refractivity contribution >= 4 is 5.91 Å². The average molecular weight is 307 g/mol. The second-order valence-electron chi connectivity index (χ2n) is 4.99. The van der Waals surface area contributed by atoms with Gasteiger partial charge in [0.25, 0.3) is 0 Å². The smallest absolute Gasteiger partial charge is 0.221 e. The zero-order valence-electron chi connectivity index (χ0n) is 13.3. The molecular weight excluding hydrogens is 286 g/mol. The first-order valence-corrected chi connectivity index (χ1v) is 7.81. The van der Waals surface area contributed by atoms with Crippen LogP contribution in [-0.4, -0.2) is 19.1 Å². The lowest BCUT2D eigenvalue weighted by Crippen LogP contribution is -2.23. The Kier molecular flexibility index (Phi) is 6.74. The molecule has 0 aliphatic carbocycles. The lowest BCUT2D eigenvalue weighted by atomic mass is 10.1. The highest BCUT2D eigenvalue weighted by atomic mass is 16.5. The minimum Gasteiger partial charge on any atom is -0.494 e. The van der Waals surface area contributed by atoms with Crippen LogP contribution in [0.1, 0.15) is 24.5 Å². The van der Waals surface area contributed by atoms with Gasteiger partial charge in [0.05, 0.1) is 13.2 Å². The van der Waals surface area contributed by atoms with Crippen molar-refractivity contribution in [2.75, 3.05) is 13.2 Å². The van der Waals surface area contributed by atoms with Gasteiger partial charge in [-0.15, -0.1) is 0 Å².